The van der Waals surface area contributed by atoms with E-state index >= 15 is 0 Å². The summed E-state index contributed by atoms with van der Waals surface area (Å²) in [6.45, 7) is -0.462. The molecule has 0 amide bonds. The Kier molecular flexibility index (Phi) is 4.10. The summed E-state index contributed by atoms with van der Waals surface area (Å²) < 4.78 is 54.2. The van der Waals surface area contributed by atoms with Gasteiger partial charge in [0.05, 0.1) is 29.6 Å². The van der Waals surface area contributed by atoms with E-state index < -0.39 is 22.0 Å². The topological polar surface area (TPSA) is 84.6 Å². The largest absolute Gasteiger partial charge is 0.392 e. The van der Waals surface area contributed by atoms with Crippen LogP contribution in [0.4, 0.5) is 20.2 Å². The van der Waals surface area contributed by atoms with Crippen LogP contribution in [0.3, 0.4) is 0 Å². The van der Waals surface area contributed by atoms with Crippen LogP contribution in [0.2, 0.25) is 0 Å². The van der Waals surface area contributed by atoms with Crippen LogP contribution in [-0.2, 0) is 16.8 Å². The molecule has 1 aliphatic carbocycles. The molecule has 2 aromatic carbocycles. The first-order valence-corrected chi connectivity index (χ1v) is 10.0. The fourth-order valence-electron chi connectivity index (χ4n) is 3.44. The van der Waals surface area contributed by atoms with Gasteiger partial charge in [0.1, 0.15) is 0 Å². The van der Waals surface area contributed by atoms with Gasteiger partial charge in [-0.3, -0.25) is 8.61 Å². The van der Waals surface area contributed by atoms with Gasteiger partial charge in [-0.1, -0.05) is 12.1 Å². The van der Waals surface area contributed by atoms with Crippen LogP contribution in [0, 0.1) is 17.2 Å². The first kappa shape index (κ1) is 18.7. The number of nitrogens with zero attached hydrogens (tertiary/aromatic N) is 3. The Labute approximate surface area is 161 Å². The molecule has 1 unspecified atom stereocenters. The molecule has 1 saturated carbocycles. The van der Waals surface area contributed by atoms with E-state index in [-0.39, 0.29) is 19.6 Å². The van der Waals surface area contributed by atoms with E-state index in [4.69, 9.17) is 0 Å². The minimum atomic E-state index is -3.93. The number of fused-ring (bicyclic) bond motifs is 1. The van der Waals surface area contributed by atoms with Gasteiger partial charge in [-0.05, 0) is 41.0 Å². The summed E-state index contributed by atoms with van der Waals surface area (Å²) in [5.41, 5.74) is 2.87. The standard InChI is InChI=1S/C19H17F2N3O3S/c1-23-18-7-13(16-6-12(11-25)2-3-14(16)9-22)4-5-17(18)24(28(23,26)27)10-15-8-19(15,20)21/h2-7,15,25H,8,10-11H2,1H3. The lowest BCUT2D eigenvalue weighted by Gasteiger charge is -2.18. The maximum Gasteiger partial charge on any atom is 0.326 e. The average molecular weight is 405 g/mol. The van der Waals surface area contributed by atoms with Gasteiger partial charge in [0.2, 0.25) is 0 Å². The van der Waals surface area contributed by atoms with Crippen molar-refractivity contribution in [1.29, 1.82) is 5.26 Å². The van der Waals surface area contributed by atoms with Crippen molar-refractivity contribution >= 4 is 21.6 Å². The molecule has 1 atom stereocenters. The number of hydrogen-bond donors (Lipinski definition) is 1. The normalized spacial score (nSPS) is 21.3. The van der Waals surface area contributed by atoms with Crippen molar-refractivity contribution in [3.05, 3.63) is 47.5 Å². The first-order chi connectivity index (χ1) is 13.2. The Morgan fingerprint density at radius 3 is 2.57 bits per heavy atom. The second-order valence-corrected chi connectivity index (χ2v) is 8.91. The van der Waals surface area contributed by atoms with Crippen molar-refractivity contribution in [1.82, 2.24) is 0 Å². The fourth-order valence-corrected chi connectivity index (χ4v) is 4.90. The van der Waals surface area contributed by atoms with Crippen LogP contribution in [-0.4, -0.2) is 33.0 Å². The van der Waals surface area contributed by atoms with Crippen LogP contribution in [0.15, 0.2) is 36.4 Å². The van der Waals surface area contributed by atoms with Crippen molar-refractivity contribution < 1.29 is 22.3 Å². The quantitative estimate of drug-likeness (QED) is 0.848. The molecule has 1 heterocycles. The van der Waals surface area contributed by atoms with E-state index in [1.807, 2.05) is 0 Å². The molecule has 9 heteroatoms. The molecule has 0 aromatic heterocycles. The lowest BCUT2D eigenvalue weighted by atomic mass is 9.97. The number of anilines is 2. The number of halogens is 2. The molecule has 0 radical (unpaired) electrons. The molecular weight excluding hydrogens is 388 g/mol. The van der Waals surface area contributed by atoms with Crippen molar-refractivity contribution in [2.75, 3.05) is 22.2 Å². The number of benzene rings is 2. The van der Waals surface area contributed by atoms with Crippen LogP contribution < -0.4 is 8.61 Å². The van der Waals surface area contributed by atoms with E-state index in [0.717, 1.165) is 8.61 Å². The Balaban J connectivity index is 1.78. The zero-order chi connectivity index (χ0) is 20.3. The van der Waals surface area contributed by atoms with Crippen molar-refractivity contribution in [3.8, 4) is 17.2 Å². The van der Waals surface area contributed by atoms with Crippen LogP contribution in [0.25, 0.3) is 11.1 Å². The highest BCUT2D eigenvalue weighted by molar-refractivity contribution is 7.94. The lowest BCUT2D eigenvalue weighted by molar-refractivity contribution is 0.101. The summed E-state index contributed by atoms with van der Waals surface area (Å²) in [5.74, 6) is -3.80. The van der Waals surface area contributed by atoms with Gasteiger partial charge in [0.25, 0.3) is 5.92 Å². The third kappa shape index (κ3) is 2.80. The Hall–Kier alpha value is -2.70. The molecule has 4 rings (SSSR count). The van der Waals surface area contributed by atoms with E-state index in [9.17, 15) is 27.6 Å². The Bertz CT molecular complexity index is 1110. The summed E-state index contributed by atoms with van der Waals surface area (Å²) in [4.78, 5) is 0. The third-order valence-electron chi connectivity index (χ3n) is 5.25. The summed E-state index contributed by atoms with van der Waals surface area (Å²) >= 11 is 0. The summed E-state index contributed by atoms with van der Waals surface area (Å²) in [6, 6.07) is 11.8. The summed E-state index contributed by atoms with van der Waals surface area (Å²) in [6.07, 6.45) is -0.310. The second kappa shape index (κ2) is 6.15. The predicted octanol–water partition coefficient (Wildman–Crippen LogP) is 2.87. The van der Waals surface area contributed by atoms with E-state index in [1.54, 1.807) is 36.4 Å². The van der Waals surface area contributed by atoms with Gasteiger partial charge in [0, 0.05) is 25.9 Å². The molecule has 6 nitrogen and oxygen atoms in total. The van der Waals surface area contributed by atoms with Crippen LogP contribution in [0.1, 0.15) is 17.5 Å². The third-order valence-corrected chi connectivity index (χ3v) is 7.04. The van der Waals surface area contributed by atoms with E-state index in [0.29, 0.717) is 33.6 Å². The SMILES string of the molecule is CN1c2cc(-c3cc(CO)ccc3C#N)ccc2N(CC2CC2(F)F)S1(=O)=O. The second-order valence-electron chi connectivity index (χ2n) is 7.02. The van der Waals surface area contributed by atoms with Gasteiger partial charge in [-0.2, -0.15) is 13.7 Å². The van der Waals surface area contributed by atoms with Crippen LogP contribution in [0.5, 0.6) is 0 Å². The molecule has 0 bridgehead atoms. The summed E-state index contributed by atoms with van der Waals surface area (Å²) in [5, 5.41) is 18.7. The monoisotopic (exact) mass is 405 g/mol. The molecular formula is C19H17F2N3O3S. The minimum Gasteiger partial charge on any atom is -0.392 e. The highest BCUT2D eigenvalue weighted by Gasteiger charge is 2.59. The zero-order valence-electron chi connectivity index (χ0n) is 14.9. The zero-order valence-corrected chi connectivity index (χ0v) is 15.7. The Morgan fingerprint density at radius 2 is 1.96 bits per heavy atom. The first-order valence-electron chi connectivity index (χ1n) is 8.62. The number of aliphatic hydroxyl groups is 1. The average Bonchev–Trinajstić information content (AvgIpc) is 3.24. The molecule has 0 spiro atoms. The highest BCUT2D eigenvalue weighted by atomic mass is 32.2. The van der Waals surface area contributed by atoms with E-state index in [1.165, 1.54) is 7.05 Å². The van der Waals surface area contributed by atoms with Crippen molar-refractivity contribution in [2.24, 2.45) is 5.92 Å². The number of alkyl halides is 2. The number of rotatable bonds is 4. The molecule has 0 saturated heterocycles. The van der Waals surface area contributed by atoms with E-state index in [2.05, 4.69) is 6.07 Å². The van der Waals surface area contributed by atoms with Gasteiger partial charge >= 0.3 is 10.2 Å². The molecule has 2 aromatic rings. The molecule has 1 N–H and O–H groups in total. The molecule has 28 heavy (non-hydrogen) atoms. The maximum atomic E-state index is 13.3. The van der Waals surface area contributed by atoms with Gasteiger partial charge in [-0.15, -0.1) is 0 Å². The van der Waals surface area contributed by atoms with Crippen molar-refractivity contribution in [3.63, 3.8) is 0 Å². The fraction of sp³-hybridized carbons (Fsp3) is 0.316. The number of hydrogen-bond acceptors (Lipinski definition) is 4. The van der Waals surface area contributed by atoms with Crippen molar-refractivity contribution in [2.45, 2.75) is 19.0 Å². The number of aliphatic hydroxyl groups excluding tert-OH is 1. The Morgan fingerprint density at radius 1 is 1.25 bits per heavy atom. The predicted molar refractivity (Wildman–Crippen MR) is 100 cm³/mol. The van der Waals surface area contributed by atoms with Gasteiger partial charge < -0.3 is 5.11 Å². The molecule has 1 aliphatic heterocycles. The maximum absolute atomic E-state index is 13.3. The van der Waals surface area contributed by atoms with Gasteiger partial charge in [-0.25, -0.2) is 8.78 Å². The lowest BCUT2D eigenvalue weighted by Crippen LogP contribution is -2.37. The summed E-state index contributed by atoms with van der Waals surface area (Å²) in [7, 11) is -2.56. The molecule has 146 valence electrons. The molecule has 1 fully saturated rings. The van der Waals surface area contributed by atoms with Gasteiger partial charge in [0.15, 0.2) is 0 Å². The molecule has 2 aliphatic rings. The number of nitriles is 1. The highest BCUT2D eigenvalue weighted by Crippen LogP contribution is 2.51. The van der Waals surface area contributed by atoms with Crippen LogP contribution >= 0.6 is 0 Å². The smallest absolute Gasteiger partial charge is 0.326 e. The minimum absolute atomic E-state index is 0.193.